The monoisotopic (exact) mass is 261 g/mol. The van der Waals surface area contributed by atoms with Crippen molar-refractivity contribution in [3.8, 4) is 0 Å². The molecule has 0 fully saturated rings. The molecule has 2 nitrogen and oxygen atoms in total. The van der Waals surface area contributed by atoms with Gasteiger partial charge in [0.05, 0.1) is 13.2 Å². The zero-order valence-corrected chi connectivity index (χ0v) is 11.3. The Bertz CT molecular complexity index is 527. The summed E-state index contributed by atoms with van der Waals surface area (Å²) in [5.41, 5.74) is 1.14. The van der Waals surface area contributed by atoms with Crippen LogP contribution in [0.4, 0.5) is 4.39 Å². The lowest BCUT2D eigenvalue weighted by Gasteiger charge is -2.08. The molecule has 2 aromatic carbocycles. The number of likely N-dealkylation sites (N-methyl/N-ethyl adjacent to an activating group) is 1. The van der Waals surface area contributed by atoms with Crippen LogP contribution < -0.4 is 5.32 Å². The van der Waals surface area contributed by atoms with Gasteiger partial charge >= 0.3 is 0 Å². The van der Waals surface area contributed by atoms with Gasteiger partial charge in [0.15, 0.2) is 0 Å². The van der Waals surface area contributed by atoms with Crippen molar-refractivity contribution >= 4 is 10.8 Å². The van der Waals surface area contributed by atoms with Crippen molar-refractivity contribution in [2.45, 2.75) is 13.3 Å². The van der Waals surface area contributed by atoms with Gasteiger partial charge in [0.1, 0.15) is 5.82 Å². The average molecular weight is 261 g/mol. The molecule has 0 atom stereocenters. The van der Waals surface area contributed by atoms with E-state index in [4.69, 9.17) is 4.74 Å². The van der Waals surface area contributed by atoms with Crippen LogP contribution in [0.2, 0.25) is 0 Å². The summed E-state index contributed by atoms with van der Waals surface area (Å²) in [6.45, 7) is 5.30. The second-order valence-corrected chi connectivity index (χ2v) is 4.47. The van der Waals surface area contributed by atoms with Crippen LogP contribution in [-0.2, 0) is 11.2 Å². The van der Waals surface area contributed by atoms with E-state index in [1.165, 1.54) is 6.07 Å². The number of hydrogen-bond donors (Lipinski definition) is 1. The lowest BCUT2D eigenvalue weighted by Crippen LogP contribution is -2.19. The highest BCUT2D eigenvalue weighted by atomic mass is 19.1. The minimum atomic E-state index is -0.160. The van der Waals surface area contributed by atoms with Gasteiger partial charge < -0.3 is 10.1 Å². The van der Waals surface area contributed by atoms with Gasteiger partial charge in [0.2, 0.25) is 0 Å². The molecule has 2 rings (SSSR count). The first-order valence-corrected chi connectivity index (χ1v) is 6.77. The topological polar surface area (TPSA) is 21.3 Å². The van der Waals surface area contributed by atoms with E-state index in [0.29, 0.717) is 18.6 Å². The van der Waals surface area contributed by atoms with Crippen LogP contribution in [0.1, 0.15) is 12.5 Å². The summed E-state index contributed by atoms with van der Waals surface area (Å²) in [7, 11) is 0. The normalized spacial score (nSPS) is 11.1. The van der Waals surface area contributed by atoms with Crippen LogP contribution in [0.25, 0.3) is 10.8 Å². The van der Waals surface area contributed by atoms with E-state index in [1.54, 1.807) is 0 Å². The minimum Gasteiger partial charge on any atom is -0.380 e. The third kappa shape index (κ3) is 3.75. The zero-order chi connectivity index (χ0) is 13.5. The van der Waals surface area contributed by atoms with Crippen molar-refractivity contribution in [3.05, 3.63) is 47.8 Å². The second-order valence-electron chi connectivity index (χ2n) is 4.47. The minimum absolute atomic E-state index is 0.160. The number of ether oxygens (including phenoxy) is 1. The Morgan fingerprint density at radius 1 is 1.05 bits per heavy atom. The summed E-state index contributed by atoms with van der Waals surface area (Å²) >= 11 is 0. The molecule has 102 valence electrons. The Morgan fingerprint density at radius 3 is 2.63 bits per heavy atom. The second kappa shape index (κ2) is 7.22. The SMILES string of the molecule is CCNCCOCCc1ccc(F)c2ccccc12. The average Bonchev–Trinajstić information content (AvgIpc) is 2.45. The van der Waals surface area contributed by atoms with Crippen LogP contribution in [0.3, 0.4) is 0 Å². The number of benzene rings is 2. The molecule has 1 N–H and O–H groups in total. The predicted octanol–water partition coefficient (Wildman–Crippen LogP) is 3.15. The third-order valence-corrected chi connectivity index (χ3v) is 3.15. The van der Waals surface area contributed by atoms with Crippen LogP contribution in [0.5, 0.6) is 0 Å². The maximum Gasteiger partial charge on any atom is 0.131 e. The summed E-state index contributed by atoms with van der Waals surface area (Å²) in [6, 6.07) is 11.0. The molecule has 0 radical (unpaired) electrons. The highest BCUT2D eigenvalue weighted by Gasteiger charge is 2.04. The first-order valence-electron chi connectivity index (χ1n) is 6.77. The highest BCUT2D eigenvalue weighted by molar-refractivity contribution is 5.86. The van der Waals surface area contributed by atoms with Crippen molar-refractivity contribution in [1.29, 1.82) is 0 Å². The fourth-order valence-corrected chi connectivity index (χ4v) is 2.15. The molecule has 0 spiro atoms. The van der Waals surface area contributed by atoms with E-state index in [9.17, 15) is 4.39 Å². The molecule has 0 aliphatic heterocycles. The number of fused-ring (bicyclic) bond motifs is 1. The van der Waals surface area contributed by atoms with E-state index < -0.39 is 0 Å². The molecule has 0 saturated carbocycles. The largest absolute Gasteiger partial charge is 0.380 e. The predicted molar refractivity (Wildman–Crippen MR) is 77.0 cm³/mol. The molecule has 3 heteroatoms. The van der Waals surface area contributed by atoms with Crippen molar-refractivity contribution in [3.63, 3.8) is 0 Å². The van der Waals surface area contributed by atoms with Gasteiger partial charge in [-0.05, 0) is 30.0 Å². The van der Waals surface area contributed by atoms with Gasteiger partial charge in [-0.3, -0.25) is 0 Å². The van der Waals surface area contributed by atoms with E-state index >= 15 is 0 Å². The molecular formula is C16H20FNO. The van der Waals surface area contributed by atoms with Crippen molar-refractivity contribution in [1.82, 2.24) is 5.32 Å². The molecule has 2 aromatic rings. The summed E-state index contributed by atoms with van der Waals surface area (Å²) in [4.78, 5) is 0. The quantitative estimate of drug-likeness (QED) is 0.773. The molecule has 19 heavy (non-hydrogen) atoms. The maximum atomic E-state index is 13.7. The molecule has 0 unspecified atom stereocenters. The Balaban J connectivity index is 1.96. The van der Waals surface area contributed by atoms with E-state index in [0.717, 1.165) is 30.5 Å². The smallest absolute Gasteiger partial charge is 0.131 e. The third-order valence-electron chi connectivity index (χ3n) is 3.15. The summed E-state index contributed by atoms with van der Waals surface area (Å²) in [5, 5.41) is 4.88. The van der Waals surface area contributed by atoms with Crippen LogP contribution in [-0.4, -0.2) is 26.3 Å². The summed E-state index contributed by atoms with van der Waals surface area (Å²) < 4.78 is 19.2. The highest BCUT2D eigenvalue weighted by Crippen LogP contribution is 2.22. The number of rotatable bonds is 7. The molecule has 0 bridgehead atoms. The number of nitrogens with one attached hydrogen (secondary N) is 1. The number of hydrogen-bond acceptors (Lipinski definition) is 2. The van der Waals surface area contributed by atoms with Gasteiger partial charge in [0.25, 0.3) is 0 Å². The summed E-state index contributed by atoms with van der Waals surface area (Å²) in [6.07, 6.45) is 0.812. The molecule has 0 aliphatic carbocycles. The number of halogens is 1. The van der Waals surface area contributed by atoms with Gasteiger partial charge in [0, 0.05) is 11.9 Å². The lowest BCUT2D eigenvalue weighted by atomic mass is 10.0. The fourth-order valence-electron chi connectivity index (χ4n) is 2.15. The van der Waals surface area contributed by atoms with E-state index in [2.05, 4.69) is 12.2 Å². The van der Waals surface area contributed by atoms with Gasteiger partial charge in [-0.15, -0.1) is 0 Å². The van der Waals surface area contributed by atoms with Crippen LogP contribution in [0.15, 0.2) is 36.4 Å². The molecule has 0 aliphatic rings. The van der Waals surface area contributed by atoms with Crippen molar-refractivity contribution in [2.75, 3.05) is 26.3 Å². The Kier molecular flexibility index (Phi) is 5.31. The fraction of sp³-hybridized carbons (Fsp3) is 0.375. The van der Waals surface area contributed by atoms with Crippen LogP contribution >= 0.6 is 0 Å². The summed E-state index contributed by atoms with van der Waals surface area (Å²) in [5.74, 6) is -0.160. The standard InChI is InChI=1S/C16H20FNO/c1-2-18-10-12-19-11-9-13-7-8-16(17)15-6-4-3-5-14(13)15/h3-8,18H,2,9-12H2,1H3. The lowest BCUT2D eigenvalue weighted by molar-refractivity contribution is 0.139. The Labute approximate surface area is 113 Å². The molecule has 0 saturated heterocycles. The molecule has 0 aromatic heterocycles. The molecule has 0 heterocycles. The van der Waals surface area contributed by atoms with E-state index in [1.807, 2.05) is 30.3 Å². The van der Waals surface area contributed by atoms with Crippen LogP contribution in [0, 0.1) is 5.82 Å². The maximum absolute atomic E-state index is 13.7. The van der Waals surface area contributed by atoms with Gasteiger partial charge in [-0.1, -0.05) is 37.3 Å². The molecular weight excluding hydrogens is 241 g/mol. The Hall–Kier alpha value is -1.45. The first-order chi connectivity index (χ1) is 9.33. The van der Waals surface area contributed by atoms with E-state index in [-0.39, 0.29) is 5.82 Å². The van der Waals surface area contributed by atoms with Crippen molar-refractivity contribution < 1.29 is 9.13 Å². The van der Waals surface area contributed by atoms with Gasteiger partial charge in [-0.25, -0.2) is 4.39 Å². The van der Waals surface area contributed by atoms with Gasteiger partial charge in [-0.2, -0.15) is 0 Å². The Morgan fingerprint density at radius 2 is 1.84 bits per heavy atom. The zero-order valence-electron chi connectivity index (χ0n) is 11.3. The molecule has 0 amide bonds. The van der Waals surface area contributed by atoms with Crippen molar-refractivity contribution in [2.24, 2.45) is 0 Å². The first kappa shape index (κ1) is 14.0.